The highest BCUT2D eigenvalue weighted by Gasteiger charge is 2.03. The Kier molecular flexibility index (Phi) is 1.04. The summed E-state index contributed by atoms with van der Waals surface area (Å²) in [6.45, 7) is 0. The van der Waals surface area contributed by atoms with Crippen molar-refractivity contribution in [3.05, 3.63) is 12.2 Å². The Hall–Kier alpha value is -0.130. The first-order valence-electron chi connectivity index (χ1n) is 1.85. The minimum absolute atomic E-state index is 0.701. The number of hydrogen-bond donors (Lipinski definition) is 1. The van der Waals surface area contributed by atoms with Crippen LogP contribution in [0.25, 0.3) is 0 Å². The van der Waals surface area contributed by atoms with E-state index in [4.69, 9.17) is 4.89 Å². The van der Waals surface area contributed by atoms with E-state index in [1.165, 1.54) is 0 Å². The fourth-order valence-corrected chi connectivity index (χ4v) is 1.17. The molecule has 1 rings (SSSR count). The summed E-state index contributed by atoms with van der Waals surface area (Å²) in [6.07, 6.45) is 4.76. The van der Waals surface area contributed by atoms with E-state index in [0.29, 0.717) is 0 Å². The number of allylic oxidation sites excluding steroid dienone is 2. The van der Waals surface area contributed by atoms with Crippen LogP contribution in [0.5, 0.6) is 0 Å². The first kappa shape index (κ1) is 4.04. The molecule has 0 aromatic carbocycles. The number of hydrogen-bond acceptors (Lipinski definition) is 1. The third kappa shape index (κ3) is 0.675. The zero-order valence-electron chi connectivity index (χ0n) is 3.33. The van der Waals surface area contributed by atoms with Crippen LogP contribution in [0.1, 0.15) is 0 Å². The molecule has 2 heteroatoms. The lowest BCUT2D eigenvalue weighted by atomic mass is 10.6. The van der Waals surface area contributed by atoms with Crippen LogP contribution in [0.2, 0.25) is 0 Å². The molecule has 0 aromatic heterocycles. The molecule has 1 unspecified atom stereocenters. The van der Waals surface area contributed by atoms with Crippen LogP contribution >= 0.6 is 7.77 Å². The molecule has 0 saturated heterocycles. The van der Waals surface area contributed by atoms with Crippen molar-refractivity contribution in [1.82, 2.24) is 0 Å². The van der Waals surface area contributed by atoms with Gasteiger partial charge in [-0.25, -0.2) is 0 Å². The highest BCUT2D eigenvalue weighted by molar-refractivity contribution is 7.52. The minimum Gasteiger partial charge on any atom is -0.193 e. The Morgan fingerprint density at radius 1 is 1.67 bits per heavy atom. The second-order valence-electron chi connectivity index (χ2n) is 1.20. The van der Waals surface area contributed by atoms with Gasteiger partial charge < -0.3 is 0 Å². The van der Waals surface area contributed by atoms with Gasteiger partial charge in [-0.1, -0.05) is 0 Å². The highest BCUT2D eigenvalue weighted by atomic mass is 31.1. The molecule has 0 radical (unpaired) electrons. The molecule has 6 heavy (non-hydrogen) atoms. The van der Waals surface area contributed by atoms with Gasteiger partial charge >= 0.3 is 0 Å². The summed E-state index contributed by atoms with van der Waals surface area (Å²) in [4.78, 5) is 8.68. The summed E-state index contributed by atoms with van der Waals surface area (Å²) in [5.41, 5.74) is 0. The summed E-state index contributed by atoms with van der Waals surface area (Å²) < 4.78 is 0. The van der Waals surface area contributed by atoms with Crippen LogP contribution in [-0.2, 0) is 0 Å². The molecule has 1 nitrogen and oxygen atoms in total. The van der Waals surface area contributed by atoms with Gasteiger partial charge in [0.15, 0.2) is 6.16 Å². The second kappa shape index (κ2) is 1.55. The maximum Gasteiger partial charge on any atom is 0.255 e. The highest BCUT2D eigenvalue weighted by Crippen LogP contribution is 2.18. The van der Waals surface area contributed by atoms with Crippen molar-refractivity contribution in [3.63, 3.8) is 0 Å². The molecule has 1 aliphatic heterocycles. The molecule has 1 N–H and O–H groups in total. The van der Waals surface area contributed by atoms with Gasteiger partial charge in [-0.3, -0.25) is 0 Å². The Balaban J connectivity index is 2.61. The minimum atomic E-state index is -0.701. The van der Waals surface area contributed by atoms with Crippen molar-refractivity contribution in [3.8, 4) is 0 Å². The molecule has 0 saturated carbocycles. The molecule has 0 aromatic rings. The maximum absolute atomic E-state index is 8.68. The Labute approximate surface area is 37.8 Å². The lowest BCUT2D eigenvalue weighted by Gasteiger charge is -1.61. The van der Waals surface area contributed by atoms with Crippen molar-refractivity contribution in [1.29, 1.82) is 0 Å². The SMILES string of the molecule is O[P+]1=CC=CC1. The maximum atomic E-state index is 8.68. The number of rotatable bonds is 0. The van der Waals surface area contributed by atoms with Crippen molar-refractivity contribution in [2.24, 2.45) is 0 Å². The van der Waals surface area contributed by atoms with Crippen LogP contribution in [0.3, 0.4) is 0 Å². The lowest BCUT2D eigenvalue weighted by molar-refractivity contribution is 0.645. The summed E-state index contributed by atoms with van der Waals surface area (Å²) >= 11 is 0. The van der Waals surface area contributed by atoms with Gasteiger partial charge in [0.2, 0.25) is 0 Å². The summed E-state index contributed by atoms with van der Waals surface area (Å²) in [7, 11) is -0.701. The van der Waals surface area contributed by atoms with Crippen LogP contribution in [-0.4, -0.2) is 16.9 Å². The topological polar surface area (TPSA) is 20.2 Å². The van der Waals surface area contributed by atoms with Gasteiger partial charge in [-0.2, -0.15) is 4.89 Å². The first-order chi connectivity index (χ1) is 2.89. The fraction of sp³-hybridized carbons (Fsp3) is 0.250. The van der Waals surface area contributed by atoms with E-state index >= 15 is 0 Å². The lowest BCUT2D eigenvalue weighted by Crippen LogP contribution is -1.57. The molecular formula is C4H6OP+. The van der Waals surface area contributed by atoms with E-state index in [0.717, 1.165) is 6.16 Å². The Morgan fingerprint density at radius 2 is 2.50 bits per heavy atom. The van der Waals surface area contributed by atoms with Gasteiger partial charge in [-0.15, -0.1) is 0 Å². The summed E-state index contributed by atoms with van der Waals surface area (Å²) in [6, 6.07) is 0. The van der Waals surface area contributed by atoms with Crippen LogP contribution in [0.15, 0.2) is 12.2 Å². The Morgan fingerprint density at radius 3 is 2.67 bits per heavy atom. The molecule has 1 aliphatic rings. The quantitative estimate of drug-likeness (QED) is 0.446. The van der Waals surface area contributed by atoms with Crippen molar-refractivity contribution in [2.75, 3.05) is 6.16 Å². The standard InChI is InChI=1S/C4H6OP/c5-6-3-1-2-4-6/h1-3,5H,4H2/q+1. The third-order valence-electron chi connectivity index (χ3n) is 0.687. The molecule has 0 spiro atoms. The van der Waals surface area contributed by atoms with Crippen LogP contribution in [0, 0.1) is 0 Å². The predicted octanol–water partition coefficient (Wildman–Crippen LogP) is 0.748. The van der Waals surface area contributed by atoms with Crippen LogP contribution < -0.4 is 0 Å². The molecule has 1 heterocycles. The third-order valence-corrected chi connectivity index (χ3v) is 1.79. The van der Waals surface area contributed by atoms with Gasteiger partial charge in [0, 0.05) is 0 Å². The second-order valence-corrected chi connectivity index (χ2v) is 2.74. The fourth-order valence-electron chi connectivity index (χ4n) is 0.390. The van der Waals surface area contributed by atoms with E-state index in [1.807, 2.05) is 17.9 Å². The van der Waals surface area contributed by atoms with E-state index in [2.05, 4.69) is 0 Å². The molecular weight excluding hydrogens is 95.0 g/mol. The van der Waals surface area contributed by atoms with E-state index in [9.17, 15) is 0 Å². The van der Waals surface area contributed by atoms with Gasteiger partial charge in [0.25, 0.3) is 7.77 Å². The van der Waals surface area contributed by atoms with Gasteiger partial charge in [0.1, 0.15) is 5.80 Å². The Bertz CT molecular complexity index is 104. The van der Waals surface area contributed by atoms with Crippen molar-refractivity contribution in [2.45, 2.75) is 0 Å². The van der Waals surface area contributed by atoms with Crippen molar-refractivity contribution >= 4 is 13.6 Å². The molecule has 32 valence electrons. The first-order valence-corrected chi connectivity index (χ1v) is 3.40. The van der Waals surface area contributed by atoms with E-state index in [1.54, 1.807) is 0 Å². The average molecular weight is 101 g/mol. The molecule has 1 atom stereocenters. The van der Waals surface area contributed by atoms with Crippen LogP contribution in [0.4, 0.5) is 0 Å². The zero-order valence-corrected chi connectivity index (χ0v) is 4.23. The van der Waals surface area contributed by atoms with E-state index < -0.39 is 7.77 Å². The largest absolute Gasteiger partial charge is 0.255 e. The van der Waals surface area contributed by atoms with E-state index in [-0.39, 0.29) is 0 Å². The predicted molar refractivity (Wildman–Crippen MR) is 29.2 cm³/mol. The molecule has 0 amide bonds. The molecule has 0 bridgehead atoms. The van der Waals surface area contributed by atoms with Gasteiger partial charge in [0.05, 0.1) is 0 Å². The smallest absolute Gasteiger partial charge is 0.193 e. The zero-order chi connectivity index (χ0) is 4.41. The normalized spacial score (nSPS) is 24.5. The molecule has 0 fully saturated rings. The van der Waals surface area contributed by atoms with Crippen molar-refractivity contribution < 1.29 is 4.89 Å². The monoisotopic (exact) mass is 101 g/mol. The average Bonchev–Trinajstić information content (AvgIpc) is 1.86. The van der Waals surface area contributed by atoms with Gasteiger partial charge in [-0.05, 0) is 12.2 Å². The molecule has 0 aliphatic carbocycles. The summed E-state index contributed by atoms with van der Waals surface area (Å²) in [5.74, 6) is 1.84. The summed E-state index contributed by atoms with van der Waals surface area (Å²) in [5, 5.41) is 0.